The van der Waals surface area contributed by atoms with E-state index in [1.54, 1.807) is 23.1 Å². The van der Waals surface area contributed by atoms with E-state index < -0.39 is 17.9 Å². The quantitative estimate of drug-likeness (QED) is 0.0424. The minimum Gasteiger partial charge on any atom is -0.424 e. The second-order valence-corrected chi connectivity index (χ2v) is 18.1. The van der Waals surface area contributed by atoms with E-state index in [2.05, 4.69) is 69.7 Å². The zero-order valence-corrected chi connectivity index (χ0v) is 37.6. The molecule has 7 rings (SSSR count). The highest BCUT2D eigenvalue weighted by molar-refractivity contribution is 5.99. The summed E-state index contributed by atoms with van der Waals surface area (Å²) < 4.78 is 6.05. The van der Waals surface area contributed by atoms with Crippen LogP contribution in [0.2, 0.25) is 0 Å². The molecule has 3 fully saturated rings. The van der Waals surface area contributed by atoms with Gasteiger partial charge in [-0.25, -0.2) is 0 Å². The van der Waals surface area contributed by atoms with Crippen LogP contribution in [0.15, 0.2) is 83.3 Å². The van der Waals surface area contributed by atoms with Gasteiger partial charge in [-0.1, -0.05) is 132 Å². The Bertz CT molecular complexity index is 2100. The number of nitrogens with one attached hydrogen (secondary N) is 5. The second-order valence-electron chi connectivity index (χ2n) is 18.1. The third-order valence-electron chi connectivity index (χ3n) is 13.1. The fourth-order valence-corrected chi connectivity index (χ4v) is 9.04. The fourth-order valence-electron chi connectivity index (χ4n) is 9.04. The number of nitrogens with zero attached hydrogens (tertiary/aromatic N) is 2. The lowest BCUT2D eigenvalue weighted by atomic mass is 9.94. The Morgan fingerprint density at radius 3 is 1.86 bits per heavy atom. The summed E-state index contributed by atoms with van der Waals surface area (Å²) in [5, 5.41) is 15.4. The van der Waals surface area contributed by atoms with Crippen molar-refractivity contribution >= 4 is 46.7 Å². The Hall–Kier alpha value is -5.72. The van der Waals surface area contributed by atoms with E-state index in [0.29, 0.717) is 29.6 Å². The lowest BCUT2D eigenvalue weighted by Crippen LogP contribution is -2.50. The Balaban J connectivity index is 0.979. The molecular weight excluding hydrogens is 807 g/mol. The molecule has 2 aliphatic carbocycles. The maximum absolute atomic E-state index is 14.2. The highest BCUT2D eigenvalue weighted by Crippen LogP contribution is 2.42. The van der Waals surface area contributed by atoms with Crippen LogP contribution in [0.25, 0.3) is 11.1 Å². The number of likely N-dealkylation sites (tertiary alicyclic amines) is 1. The minimum atomic E-state index is -0.839. The molecule has 342 valence electrons. The first-order valence-electron chi connectivity index (χ1n) is 23.9. The third-order valence-corrected chi connectivity index (χ3v) is 13.1. The molecule has 0 radical (unpaired) electrons. The van der Waals surface area contributed by atoms with Gasteiger partial charge in [-0.2, -0.15) is 4.98 Å². The number of anilines is 1. The molecule has 1 aliphatic heterocycles. The van der Waals surface area contributed by atoms with E-state index in [-0.39, 0.29) is 79.1 Å². The minimum absolute atomic E-state index is 0.0164. The van der Waals surface area contributed by atoms with Gasteiger partial charge in [0.2, 0.25) is 23.6 Å². The van der Waals surface area contributed by atoms with E-state index in [1.165, 1.54) is 36.8 Å². The number of aromatic nitrogens is 1. The number of fused-ring (bicyclic) bond motifs is 1. The molecule has 2 heterocycles. The van der Waals surface area contributed by atoms with Crippen LogP contribution in [-0.2, 0) is 19.2 Å². The first-order valence-corrected chi connectivity index (χ1v) is 23.9. The highest BCUT2D eigenvalue weighted by atomic mass is 16.4. The van der Waals surface area contributed by atoms with Crippen LogP contribution < -0.4 is 26.6 Å². The largest absolute Gasteiger partial charge is 0.424 e. The zero-order chi connectivity index (χ0) is 44.8. The maximum atomic E-state index is 14.2. The van der Waals surface area contributed by atoms with Crippen LogP contribution in [0.5, 0.6) is 0 Å². The van der Waals surface area contributed by atoms with Crippen LogP contribution in [0.4, 0.5) is 6.01 Å². The molecule has 7 atom stereocenters. The van der Waals surface area contributed by atoms with Gasteiger partial charge >= 0.3 is 0 Å². The van der Waals surface area contributed by atoms with Crippen molar-refractivity contribution in [3.8, 4) is 0 Å². The zero-order valence-electron chi connectivity index (χ0n) is 37.6. The third kappa shape index (κ3) is 12.7. The molecule has 0 spiro atoms. The Morgan fingerprint density at radius 1 is 0.703 bits per heavy atom. The van der Waals surface area contributed by atoms with Gasteiger partial charge in [0.05, 0.1) is 11.8 Å². The molecule has 4 aromatic rings. The number of rotatable bonds is 25. The van der Waals surface area contributed by atoms with E-state index in [0.717, 1.165) is 57.8 Å². The van der Waals surface area contributed by atoms with Crippen molar-refractivity contribution in [2.75, 3.05) is 31.5 Å². The average Bonchev–Trinajstić information content (AvgIpc) is 4.16. The number of carbonyl (C=O) groups excluding carboxylic acids is 5. The first kappa shape index (κ1) is 46.3. The van der Waals surface area contributed by atoms with Crippen molar-refractivity contribution in [3.63, 3.8) is 0 Å². The van der Waals surface area contributed by atoms with Crippen molar-refractivity contribution in [2.24, 2.45) is 11.8 Å². The summed E-state index contributed by atoms with van der Waals surface area (Å²) in [6, 6.07) is 24.5. The van der Waals surface area contributed by atoms with E-state index in [1.807, 2.05) is 36.4 Å². The van der Waals surface area contributed by atoms with Crippen molar-refractivity contribution in [1.29, 1.82) is 0 Å². The molecule has 13 heteroatoms. The number of oxazole rings is 1. The summed E-state index contributed by atoms with van der Waals surface area (Å²) in [6.07, 6.45) is 13.8. The van der Waals surface area contributed by atoms with Gasteiger partial charge in [0.1, 0.15) is 11.6 Å². The van der Waals surface area contributed by atoms with Crippen molar-refractivity contribution in [1.82, 2.24) is 31.2 Å². The number of hydrogen-bond donors (Lipinski definition) is 5. The van der Waals surface area contributed by atoms with Crippen LogP contribution in [0, 0.1) is 11.8 Å². The number of carbonyl (C=O) groups is 5. The molecular formula is C51H67N7O6. The molecule has 3 aliphatic rings. The maximum Gasteiger partial charge on any atom is 0.295 e. The molecule has 5 amide bonds. The van der Waals surface area contributed by atoms with Crippen LogP contribution in [0.1, 0.15) is 137 Å². The van der Waals surface area contributed by atoms with Crippen molar-refractivity contribution < 1.29 is 28.4 Å². The van der Waals surface area contributed by atoms with Gasteiger partial charge in [-0.3, -0.25) is 24.0 Å². The van der Waals surface area contributed by atoms with Crippen LogP contribution in [-0.4, -0.2) is 83.7 Å². The molecule has 5 N–H and O–H groups in total. The number of unbranched alkanes of at least 4 members (excludes halogenated alkanes) is 9. The second kappa shape index (κ2) is 22.8. The lowest BCUT2D eigenvalue weighted by Gasteiger charge is -2.18. The number of amides is 5. The highest BCUT2D eigenvalue weighted by Gasteiger charge is 2.49. The van der Waals surface area contributed by atoms with E-state index >= 15 is 0 Å². The van der Waals surface area contributed by atoms with Gasteiger partial charge in [-0.15, -0.1) is 0 Å². The number of hydrogen-bond acceptors (Lipinski definition) is 8. The summed E-state index contributed by atoms with van der Waals surface area (Å²) in [5.74, 6) is -2.16. The van der Waals surface area contributed by atoms with Gasteiger partial charge in [-0.05, 0) is 55.0 Å². The Morgan fingerprint density at radius 2 is 1.27 bits per heavy atom. The predicted molar refractivity (Wildman–Crippen MR) is 249 cm³/mol. The normalized spacial score (nSPS) is 21.5. The lowest BCUT2D eigenvalue weighted by molar-refractivity contribution is -0.133. The summed E-state index contributed by atoms with van der Waals surface area (Å²) in [7, 11) is 0. The molecule has 13 nitrogen and oxygen atoms in total. The van der Waals surface area contributed by atoms with E-state index in [4.69, 9.17) is 4.42 Å². The molecule has 64 heavy (non-hydrogen) atoms. The standard InChI is InChI=1S/C51H67N7O6/c1-3-5-7-9-10-11-18-24-46(59)54-44(49(62)52-27-19-8-6-4-2)31-53-51-57-41-26-25-36(28-45(41)64-51)50(63)58-32-39(47(60)55-42-29-37(42)34-20-14-12-15-21-34)40(33-58)48(61)56-43-30-38(43)35-22-16-13-17-23-35/h12-17,20-23,25-26,28,37-40,42-44H,3-11,18-19,24,27,29-33H2,1-2H3,(H,52,62)(H,53,57)(H,54,59)(H,55,60)(H,56,61)/t37-,38-,39-,40-,42+,43+,44+/m1/s1. The van der Waals surface area contributed by atoms with Gasteiger partial charge in [0, 0.05) is 62.1 Å². The van der Waals surface area contributed by atoms with Crippen molar-refractivity contribution in [2.45, 2.75) is 134 Å². The molecule has 1 saturated heterocycles. The predicted octanol–water partition coefficient (Wildman–Crippen LogP) is 7.59. The SMILES string of the molecule is CCCCCCCCCC(=O)N[C@@H](CNc1nc2ccc(C(=O)N3C[C@@H](C(=O)N[C@H]4C[C@@H]4c4ccccc4)[C@H](C(=O)N[C@H]4C[C@@H]4c4ccccc4)C3)cc2o1)C(=O)NCCCCCC. The van der Waals surface area contributed by atoms with Gasteiger partial charge in [0.15, 0.2) is 5.58 Å². The Labute approximate surface area is 377 Å². The van der Waals surface area contributed by atoms with Crippen LogP contribution in [0.3, 0.4) is 0 Å². The fraction of sp³-hybridized carbons (Fsp3) is 0.529. The van der Waals surface area contributed by atoms with Gasteiger partial charge < -0.3 is 35.9 Å². The molecule has 1 aromatic heterocycles. The van der Waals surface area contributed by atoms with Crippen molar-refractivity contribution in [3.05, 3.63) is 95.6 Å². The molecule has 3 aromatic carbocycles. The summed E-state index contributed by atoms with van der Waals surface area (Å²) >= 11 is 0. The first-order chi connectivity index (χ1) is 31.2. The van der Waals surface area contributed by atoms with Crippen LogP contribution >= 0.6 is 0 Å². The average molecular weight is 874 g/mol. The summed E-state index contributed by atoms with van der Waals surface area (Å²) in [4.78, 5) is 74.5. The topological polar surface area (TPSA) is 175 Å². The molecule has 0 bridgehead atoms. The molecule has 2 saturated carbocycles. The smallest absolute Gasteiger partial charge is 0.295 e. The summed E-state index contributed by atoms with van der Waals surface area (Å²) in [5.41, 5.74) is 3.55. The van der Waals surface area contributed by atoms with Gasteiger partial charge in [0.25, 0.3) is 11.9 Å². The van der Waals surface area contributed by atoms with E-state index in [9.17, 15) is 24.0 Å². The Kier molecular flexibility index (Phi) is 16.5. The molecule has 0 unspecified atom stereocenters. The number of benzene rings is 3. The monoisotopic (exact) mass is 874 g/mol. The summed E-state index contributed by atoms with van der Waals surface area (Å²) in [6.45, 7) is 5.13.